The number of rotatable bonds is 3. The van der Waals surface area contributed by atoms with Gasteiger partial charge in [-0.05, 0) is 19.1 Å². The van der Waals surface area contributed by atoms with Gasteiger partial charge in [0, 0.05) is 23.7 Å². The number of nitrogens with zero attached hydrogens (tertiary/aromatic N) is 2. The van der Waals surface area contributed by atoms with Crippen molar-refractivity contribution in [3.8, 4) is 11.3 Å². The van der Waals surface area contributed by atoms with Gasteiger partial charge in [0.2, 0.25) is 5.76 Å². The number of morpholine rings is 1. The molecule has 23 heavy (non-hydrogen) atoms. The molecule has 1 saturated heterocycles. The highest BCUT2D eigenvalue weighted by Gasteiger charge is 2.30. The van der Waals surface area contributed by atoms with Crippen molar-refractivity contribution in [2.24, 2.45) is 0 Å². The molecular weight excluding hydrogens is 320 g/mol. The van der Waals surface area contributed by atoms with Gasteiger partial charge in [0.1, 0.15) is 5.69 Å². The average Bonchev–Trinajstić information content (AvgIpc) is 3.01. The quantitative estimate of drug-likeness (QED) is 0.932. The number of hydrogen-bond acceptors (Lipinski definition) is 5. The lowest BCUT2D eigenvalue weighted by molar-refractivity contribution is 0.0273. The van der Waals surface area contributed by atoms with E-state index in [-0.39, 0.29) is 11.7 Å². The third kappa shape index (κ3) is 3.24. The molecule has 1 amide bonds. The SMILES string of the molecule is C[C@H](O)c1c(-c2ccc(Cl)cc2)noc1C(=O)N1CCOCC1. The number of aromatic nitrogens is 1. The molecule has 1 aromatic carbocycles. The number of benzene rings is 1. The molecule has 1 atom stereocenters. The van der Waals surface area contributed by atoms with Crippen LogP contribution in [0.1, 0.15) is 29.1 Å². The van der Waals surface area contributed by atoms with Gasteiger partial charge < -0.3 is 19.3 Å². The van der Waals surface area contributed by atoms with Crippen molar-refractivity contribution in [3.05, 3.63) is 40.6 Å². The van der Waals surface area contributed by atoms with Gasteiger partial charge in [-0.3, -0.25) is 4.79 Å². The highest BCUT2D eigenvalue weighted by molar-refractivity contribution is 6.30. The summed E-state index contributed by atoms with van der Waals surface area (Å²) >= 11 is 5.89. The molecule has 1 aromatic heterocycles. The molecule has 3 rings (SSSR count). The van der Waals surface area contributed by atoms with Crippen LogP contribution in [0, 0.1) is 0 Å². The predicted octanol–water partition coefficient (Wildman–Crippen LogP) is 2.52. The van der Waals surface area contributed by atoms with Gasteiger partial charge in [-0.2, -0.15) is 0 Å². The third-order valence-corrected chi connectivity index (χ3v) is 4.01. The van der Waals surface area contributed by atoms with Crippen LogP contribution in [0.2, 0.25) is 5.02 Å². The van der Waals surface area contributed by atoms with E-state index in [1.807, 2.05) is 0 Å². The van der Waals surface area contributed by atoms with Gasteiger partial charge in [0.25, 0.3) is 5.91 Å². The van der Waals surface area contributed by atoms with Crippen molar-refractivity contribution < 1.29 is 19.2 Å². The summed E-state index contributed by atoms with van der Waals surface area (Å²) in [5.41, 5.74) is 1.58. The Morgan fingerprint density at radius 2 is 1.96 bits per heavy atom. The van der Waals surface area contributed by atoms with Gasteiger partial charge in [-0.1, -0.05) is 28.9 Å². The second-order valence-corrected chi connectivity index (χ2v) is 5.80. The number of aliphatic hydroxyl groups is 1. The monoisotopic (exact) mass is 336 g/mol. The second-order valence-electron chi connectivity index (χ2n) is 5.36. The number of carbonyl (C=O) groups is 1. The van der Waals surface area contributed by atoms with E-state index in [1.54, 1.807) is 36.1 Å². The van der Waals surface area contributed by atoms with Crippen LogP contribution in [0.4, 0.5) is 0 Å². The van der Waals surface area contributed by atoms with E-state index in [1.165, 1.54) is 0 Å². The molecule has 0 spiro atoms. The lowest BCUT2D eigenvalue weighted by Gasteiger charge is -2.26. The van der Waals surface area contributed by atoms with E-state index < -0.39 is 6.10 Å². The summed E-state index contributed by atoms with van der Waals surface area (Å²) in [6.45, 7) is 3.56. The molecule has 1 N–H and O–H groups in total. The first-order valence-electron chi connectivity index (χ1n) is 7.38. The van der Waals surface area contributed by atoms with Crippen LogP contribution in [-0.4, -0.2) is 47.4 Å². The van der Waals surface area contributed by atoms with Gasteiger partial charge in [-0.25, -0.2) is 0 Å². The molecule has 0 saturated carbocycles. The molecule has 2 heterocycles. The van der Waals surface area contributed by atoms with E-state index in [4.69, 9.17) is 20.9 Å². The van der Waals surface area contributed by atoms with Crippen molar-refractivity contribution >= 4 is 17.5 Å². The normalized spacial score (nSPS) is 16.4. The molecular formula is C16H17ClN2O4. The van der Waals surface area contributed by atoms with Crippen molar-refractivity contribution in [3.63, 3.8) is 0 Å². The highest BCUT2D eigenvalue weighted by atomic mass is 35.5. The highest BCUT2D eigenvalue weighted by Crippen LogP contribution is 2.32. The summed E-state index contributed by atoms with van der Waals surface area (Å²) in [5, 5.41) is 14.7. The minimum Gasteiger partial charge on any atom is -0.388 e. The van der Waals surface area contributed by atoms with Gasteiger partial charge >= 0.3 is 0 Å². The zero-order chi connectivity index (χ0) is 16.4. The van der Waals surface area contributed by atoms with E-state index in [9.17, 15) is 9.90 Å². The molecule has 0 bridgehead atoms. The smallest absolute Gasteiger partial charge is 0.293 e. The van der Waals surface area contributed by atoms with Crippen molar-refractivity contribution in [2.45, 2.75) is 13.0 Å². The first kappa shape index (κ1) is 16.0. The maximum atomic E-state index is 12.6. The van der Waals surface area contributed by atoms with Crippen LogP contribution in [-0.2, 0) is 4.74 Å². The Labute approximate surface area is 138 Å². The molecule has 7 heteroatoms. The summed E-state index contributed by atoms with van der Waals surface area (Å²) in [7, 11) is 0. The van der Waals surface area contributed by atoms with E-state index in [2.05, 4.69) is 5.16 Å². The summed E-state index contributed by atoms with van der Waals surface area (Å²) in [6, 6.07) is 6.99. The number of amides is 1. The number of ether oxygens (including phenoxy) is 1. The lowest BCUT2D eigenvalue weighted by Crippen LogP contribution is -2.40. The van der Waals surface area contributed by atoms with Crippen LogP contribution in [0.5, 0.6) is 0 Å². The van der Waals surface area contributed by atoms with Crippen LogP contribution in [0.15, 0.2) is 28.8 Å². The first-order valence-corrected chi connectivity index (χ1v) is 7.76. The largest absolute Gasteiger partial charge is 0.388 e. The fourth-order valence-electron chi connectivity index (χ4n) is 2.57. The Bertz CT molecular complexity index is 691. The van der Waals surface area contributed by atoms with Crippen LogP contribution < -0.4 is 0 Å². The minimum atomic E-state index is -0.882. The van der Waals surface area contributed by atoms with Crippen LogP contribution in [0.25, 0.3) is 11.3 Å². The number of halogens is 1. The van der Waals surface area contributed by atoms with Gasteiger partial charge in [-0.15, -0.1) is 0 Å². The molecule has 6 nitrogen and oxygen atoms in total. The molecule has 0 radical (unpaired) electrons. The second kappa shape index (κ2) is 6.70. The third-order valence-electron chi connectivity index (χ3n) is 3.76. The molecule has 122 valence electrons. The lowest BCUT2D eigenvalue weighted by atomic mass is 10.0. The zero-order valence-electron chi connectivity index (χ0n) is 12.7. The maximum absolute atomic E-state index is 12.6. The van der Waals surface area contributed by atoms with Gasteiger partial charge in [0.15, 0.2) is 0 Å². The maximum Gasteiger partial charge on any atom is 0.293 e. The molecule has 0 aliphatic carbocycles. The fraction of sp³-hybridized carbons (Fsp3) is 0.375. The Kier molecular flexibility index (Phi) is 4.66. The standard InChI is InChI=1S/C16H17ClN2O4/c1-10(20)13-14(11-2-4-12(17)5-3-11)18-23-15(13)16(21)19-6-8-22-9-7-19/h2-5,10,20H,6-9H2,1H3/t10-/m0/s1. The van der Waals surface area contributed by atoms with Crippen molar-refractivity contribution in [1.82, 2.24) is 10.1 Å². The minimum absolute atomic E-state index is 0.0758. The Morgan fingerprint density at radius 1 is 1.30 bits per heavy atom. The number of aliphatic hydroxyl groups excluding tert-OH is 1. The molecule has 1 aliphatic rings. The summed E-state index contributed by atoms with van der Waals surface area (Å²) in [4.78, 5) is 14.3. The van der Waals surface area contributed by atoms with Crippen LogP contribution >= 0.6 is 11.6 Å². The van der Waals surface area contributed by atoms with E-state index in [0.717, 1.165) is 5.56 Å². The molecule has 0 unspecified atom stereocenters. The summed E-state index contributed by atoms with van der Waals surface area (Å²) in [6.07, 6.45) is -0.882. The molecule has 1 fully saturated rings. The summed E-state index contributed by atoms with van der Waals surface area (Å²) < 4.78 is 10.5. The topological polar surface area (TPSA) is 75.8 Å². The van der Waals surface area contributed by atoms with Crippen LogP contribution in [0.3, 0.4) is 0 Å². The van der Waals surface area contributed by atoms with Gasteiger partial charge in [0.05, 0.1) is 24.9 Å². The average molecular weight is 337 g/mol. The fourth-order valence-corrected chi connectivity index (χ4v) is 2.69. The Balaban J connectivity index is 1.98. The Hall–Kier alpha value is -1.89. The summed E-state index contributed by atoms with van der Waals surface area (Å²) in [5.74, 6) is -0.205. The van der Waals surface area contributed by atoms with E-state index in [0.29, 0.717) is 42.6 Å². The Morgan fingerprint density at radius 3 is 2.57 bits per heavy atom. The molecule has 1 aliphatic heterocycles. The number of carbonyl (C=O) groups excluding carboxylic acids is 1. The predicted molar refractivity (Wildman–Crippen MR) is 84.3 cm³/mol. The van der Waals surface area contributed by atoms with Crippen molar-refractivity contribution in [1.29, 1.82) is 0 Å². The van der Waals surface area contributed by atoms with Crippen molar-refractivity contribution in [2.75, 3.05) is 26.3 Å². The molecule has 2 aromatic rings. The van der Waals surface area contributed by atoms with E-state index >= 15 is 0 Å². The first-order chi connectivity index (χ1) is 11.1. The zero-order valence-corrected chi connectivity index (χ0v) is 13.4. The number of hydrogen-bond donors (Lipinski definition) is 1.